The Bertz CT molecular complexity index is 545. The molecule has 18 heavy (non-hydrogen) atoms. The third-order valence-electron chi connectivity index (χ3n) is 2.12. The Hall–Kier alpha value is -0.240. The first-order valence-corrected chi connectivity index (χ1v) is 7.78. The Morgan fingerprint density at radius 1 is 1.33 bits per heavy atom. The van der Waals surface area contributed by atoms with E-state index in [4.69, 9.17) is 4.42 Å². The smallest absolute Gasteiger partial charge is 0.249 e. The van der Waals surface area contributed by atoms with Gasteiger partial charge in [-0.3, -0.25) is 0 Å². The monoisotopic (exact) mass is 393 g/mol. The molecular weight excluding hydrogens is 382 g/mol. The van der Waals surface area contributed by atoms with Gasteiger partial charge >= 0.3 is 0 Å². The van der Waals surface area contributed by atoms with Crippen molar-refractivity contribution in [1.29, 1.82) is 0 Å². The van der Waals surface area contributed by atoms with E-state index in [0.29, 0.717) is 18.3 Å². The maximum atomic E-state index is 5.63. The molecule has 0 saturated heterocycles. The van der Waals surface area contributed by atoms with Crippen LogP contribution in [-0.2, 0) is 6.54 Å². The normalized spacial score (nSPS) is 12.1. The number of halogens is 2. The van der Waals surface area contributed by atoms with Crippen LogP contribution in [0.2, 0.25) is 0 Å². The molecule has 0 atom stereocenters. The van der Waals surface area contributed by atoms with Crippen LogP contribution < -0.4 is 5.32 Å². The molecule has 2 aromatic rings. The first-order chi connectivity index (χ1) is 8.35. The molecule has 4 nitrogen and oxygen atoms in total. The molecule has 0 aromatic carbocycles. The van der Waals surface area contributed by atoms with Gasteiger partial charge in [0.05, 0.1) is 19.7 Å². The Morgan fingerprint density at radius 2 is 2.06 bits per heavy atom. The van der Waals surface area contributed by atoms with Crippen molar-refractivity contribution in [3.8, 4) is 11.5 Å². The number of aromatic nitrogens is 2. The Balaban J connectivity index is 2.13. The standard InChI is InChI=1S/C11H13Br2N3OS/c1-11(2,3)14-5-8-15-16-10(17-8)6-4-7(12)18-9(6)13/h4,14H,5H2,1-3H3. The zero-order valence-electron chi connectivity index (χ0n) is 10.3. The fourth-order valence-corrected chi connectivity index (χ4v) is 4.04. The van der Waals surface area contributed by atoms with Crippen LogP contribution >= 0.6 is 43.2 Å². The van der Waals surface area contributed by atoms with Crippen molar-refractivity contribution in [2.24, 2.45) is 0 Å². The summed E-state index contributed by atoms with van der Waals surface area (Å²) in [5, 5.41) is 11.4. The van der Waals surface area contributed by atoms with Crippen molar-refractivity contribution in [2.45, 2.75) is 32.9 Å². The predicted molar refractivity (Wildman–Crippen MR) is 79.6 cm³/mol. The van der Waals surface area contributed by atoms with Crippen molar-refractivity contribution in [2.75, 3.05) is 0 Å². The molecule has 0 aliphatic heterocycles. The van der Waals surface area contributed by atoms with Crippen LogP contribution in [0.3, 0.4) is 0 Å². The minimum absolute atomic E-state index is 0.0284. The second kappa shape index (κ2) is 5.40. The van der Waals surface area contributed by atoms with Gasteiger partial charge in [-0.25, -0.2) is 0 Å². The molecule has 0 amide bonds. The van der Waals surface area contributed by atoms with E-state index in [1.54, 1.807) is 11.3 Å². The topological polar surface area (TPSA) is 51.0 Å². The molecule has 0 aliphatic carbocycles. The van der Waals surface area contributed by atoms with Gasteiger partial charge in [0.25, 0.3) is 0 Å². The summed E-state index contributed by atoms with van der Waals surface area (Å²) in [4.78, 5) is 0. The Morgan fingerprint density at radius 3 is 2.61 bits per heavy atom. The average Bonchev–Trinajstić information content (AvgIpc) is 2.81. The highest BCUT2D eigenvalue weighted by atomic mass is 79.9. The minimum Gasteiger partial charge on any atom is -0.419 e. The summed E-state index contributed by atoms with van der Waals surface area (Å²) in [7, 11) is 0. The number of hydrogen-bond acceptors (Lipinski definition) is 5. The Kier molecular flexibility index (Phi) is 4.25. The van der Waals surface area contributed by atoms with E-state index in [9.17, 15) is 0 Å². The van der Waals surface area contributed by atoms with E-state index in [1.807, 2.05) is 6.07 Å². The number of nitrogens with zero attached hydrogens (tertiary/aromatic N) is 2. The Labute approximate surface area is 126 Å². The lowest BCUT2D eigenvalue weighted by atomic mass is 10.1. The molecule has 0 aliphatic rings. The summed E-state index contributed by atoms with van der Waals surface area (Å²) in [5.41, 5.74) is 0.946. The van der Waals surface area contributed by atoms with Gasteiger partial charge in [-0.2, -0.15) is 0 Å². The van der Waals surface area contributed by atoms with E-state index in [0.717, 1.165) is 13.1 Å². The summed E-state index contributed by atoms with van der Waals surface area (Å²) < 4.78 is 7.64. The summed E-state index contributed by atoms with van der Waals surface area (Å²) in [6, 6.07) is 1.96. The molecule has 0 spiro atoms. The average molecular weight is 395 g/mol. The fourth-order valence-electron chi connectivity index (χ4n) is 1.26. The molecular formula is C11H13Br2N3OS. The molecule has 0 unspecified atom stereocenters. The second-order valence-corrected chi connectivity index (χ2v) is 8.59. The van der Waals surface area contributed by atoms with Gasteiger partial charge in [-0.15, -0.1) is 21.5 Å². The lowest BCUT2D eigenvalue weighted by Gasteiger charge is -2.18. The zero-order valence-corrected chi connectivity index (χ0v) is 14.2. The van der Waals surface area contributed by atoms with E-state index in [1.165, 1.54) is 0 Å². The fraction of sp³-hybridized carbons (Fsp3) is 0.455. The summed E-state index contributed by atoms with van der Waals surface area (Å²) >= 11 is 8.49. The predicted octanol–water partition coefficient (Wildman–Crippen LogP) is 4.21. The van der Waals surface area contributed by atoms with Gasteiger partial charge in [0.1, 0.15) is 0 Å². The lowest BCUT2D eigenvalue weighted by molar-refractivity contribution is 0.383. The van der Waals surface area contributed by atoms with Crippen LogP contribution in [0.4, 0.5) is 0 Å². The van der Waals surface area contributed by atoms with Gasteiger partial charge in [-0.1, -0.05) is 0 Å². The SMILES string of the molecule is CC(C)(C)NCc1nnc(-c2cc(Br)sc2Br)o1. The van der Waals surface area contributed by atoms with Crippen molar-refractivity contribution >= 4 is 43.2 Å². The van der Waals surface area contributed by atoms with Crippen molar-refractivity contribution in [3.05, 3.63) is 19.5 Å². The van der Waals surface area contributed by atoms with E-state index >= 15 is 0 Å². The molecule has 0 saturated carbocycles. The van der Waals surface area contributed by atoms with Gasteiger partial charge in [-0.05, 0) is 58.7 Å². The van der Waals surface area contributed by atoms with E-state index < -0.39 is 0 Å². The largest absolute Gasteiger partial charge is 0.419 e. The lowest BCUT2D eigenvalue weighted by Crippen LogP contribution is -2.35. The molecule has 2 rings (SSSR count). The summed E-state index contributed by atoms with van der Waals surface area (Å²) in [6.45, 7) is 6.85. The first-order valence-electron chi connectivity index (χ1n) is 5.38. The van der Waals surface area contributed by atoms with E-state index in [2.05, 4.69) is 68.1 Å². The van der Waals surface area contributed by atoms with Crippen molar-refractivity contribution < 1.29 is 4.42 Å². The summed E-state index contributed by atoms with van der Waals surface area (Å²) in [5.74, 6) is 1.13. The van der Waals surface area contributed by atoms with Crippen molar-refractivity contribution in [1.82, 2.24) is 15.5 Å². The maximum Gasteiger partial charge on any atom is 0.249 e. The quantitative estimate of drug-likeness (QED) is 0.846. The highest BCUT2D eigenvalue weighted by Crippen LogP contribution is 2.37. The molecule has 0 fully saturated rings. The highest BCUT2D eigenvalue weighted by molar-refractivity contribution is 9.12. The van der Waals surface area contributed by atoms with Gasteiger partial charge in [0.15, 0.2) is 0 Å². The maximum absolute atomic E-state index is 5.63. The molecule has 0 bridgehead atoms. The van der Waals surface area contributed by atoms with Crippen molar-refractivity contribution in [3.63, 3.8) is 0 Å². The van der Waals surface area contributed by atoms with Crippen LogP contribution in [0.25, 0.3) is 11.5 Å². The number of hydrogen-bond donors (Lipinski definition) is 1. The number of thiophene rings is 1. The van der Waals surface area contributed by atoms with Gasteiger partial charge in [0.2, 0.25) is 11.8 Å². The first kappa shape index (κ1) is 14.2. The van der Waals surface area contributed by atoms with Gasteiger partial charge < -0.3 is 9.73 Å². The zero-order chi connectivity index (χ0) is 13.3. The van der Waals surface area contributed by atoms with E-state index in [-0.39, 0.29) is 5.54 Å². The molecule has 98 valence electrons. The van der Waals surface area contributed by atoms with Crippen LogP contribution in [-0.4, -0.2) is 15.7 Å². The molecule has 1 N–H and O–H groups in total. The second-order valence-electron chi connectivity index (χ2n) is 4.84. The molecule has 0 radical (unpaired) electrons. The number of rotatable bonds is 3. The van der Waals surface area contributed by atoms with Crippen LogP contribution in [0, 0.1) is 0 Å². The molecule has 2 heterocycles. The minimum atomic E-state index is 0.0284. The van der Waals surface area contributed by atoms with Gasteiger partial charge in [0, 0.05) is 5.54 Å². The summed E-state index contributed by atoms with van der Waals surface area (Å²) in [6.07, 6.45) is 0. The third-order valence-corrected chi connectivity index (χ3v) is 4.46. The van der Waals surface area contributed by atoms with Crippen LogP contribution in [0.5, 0.6) is 0 Å². The highest BCUT2D eigenvalue weighted by Gasteiger charge is 2.16. The molecule has 7 heteroatoms. The molecule has 2 aromatic heterocycles. The third kappa shape index (κ3) is 3.63. The van der Waals surface area contributed by atoms with Crippen LogP contribution in [0.15, 0.2) is 18.1 Å². The van der Waals surface area contributed by atoms with Crippen LogP contribution in [0.1, 0.15) is 26.7 Å². The number of nitrogens with one attached hydrogen (secondary N) is 1.